The van der Waals surface area contributed by atoms with Gasteiger partial charge in [0, 0.05) is 29.5 Å². The zero-order chi connectivity index (χ0) is 19.6. The molecule has 1 aromatic heterocycles. The Kier molecular flexibility index (Phi) is 6.15. The molecule has 1 fully saturated rings. The van der Waals surface area contributed by atoms with Crippen LogP contribution in [0.5, 0.6) is 0 Å². The Labute approximate surface area is 163 Å². The van der Waals surface area contributed by atoms with Gasteiger partial charge in [-0.15, -0.1) is 0 Å². The molecule has 1 aromatic carbocycles. The average Bonchev–Trinajstić information content (AvgIpc) is 2.95. The summed E-state index contributed by atoms with van der Waals surface area (Å²) in [5.41, 5.74) is 2.73. The molecule has 0 aliphatic carbocycles. The highest BCUT2D eigenvalue weighted by atomic mass is 32.2. The Morgan fingerprint density at radius 3 is 2.44 bits per heavy atom. The van der Waals surface area contributed by atoms with Crippen LogP contribution in [0, 0.1) is 25.7 Å². The van der Waals surface area contributed by atoms with Crippen molar-refractivity contribution >= 4 is 16.7 Å². The molecule has 0 radical (unpaired) electrons. The monoisotopic (exact) mass is 388 g/mol. The molecule has 0 saturated carbocycles. The number of likely N-dealkylation sites (tertiary alicyclic amines) is 1. The minimum atomic E-state index is -1.30. The van der Waals surface area contributed by atoms with Gasteiger partial charge in [0.25, 0.3) is 0 Å². The number of oxazole rings is 1. The van der Waals surface area contributed by atoms with E-state index in [1.54, 1.807) is 0 Å². The molecule has 146 valence electrons. The molecule has 27 heavy (non-hydrogen) atoms. The first-order valence-corrected chi connectivity index (χ1v) is 11.0. The second-order valence-electron chi connectivity index (χ2n) is 7.86. The lowest BCUT2D eigenvalue weighted by Crippen LogP contribution is -2.44. The van der Waals surface area contributed by atoms with Crippen LogP contribution in [0.4, 0.5) is 0 Å². The average molecular weight is 389 g/mol. The Bertz CT molecular complexity index is 818. The lowest BCUT2D eigenvalue weighted by molar-refractivity contribution is -0.131. The Morgan fingerprint density at radius 2 is 1.81 bits per heavy atom. The molecule has 0 spiro atoms. The van der Waals surface area contributed by atoms with Crippen molar-refractivity contribution in [2.24, 2.45) is 11.8 Å². The first-order valence-electron chi connectivity index (χ1n) is 9.48. The topological polar surface area (TPSA) is 63.4 Å². The van der Waals surface area contributed by atoms with Gasteiger partial charge in [0.1, 0.15) is 11.5 Å². The summed E-state index contributed by atoms with van der Waals surface area (Å²) in [5, 5.41) is 0. The fourth-order valence-corrected chi connectivity index (χ4v) is 4.81. The molecular weight excluding hydrogens is 360 g/mol. The fraction of sp³-hybridized carbons (Fsp3) is 0.524. The fourth-order valence-electron chi connectivity index (χ4n) is 3.68. The maximum atomic E-state index is 12.6. The Balaban J connectivity index is 1.62. The summed E-state index contributed by atoms with van der Waals surface area (Å²) in [6.07, 6.45) is 1.15. The van der Waals surface area contributed by atoms with Crippen molar-refractivity contribution in [3.05, 3.63) is 41.3 Å². The van der Waals surface area contributed by atoms with Crippen molar-refractivity contribution in [3.8, 4) is 11.5 Å². The summed E-state index contributed by atoms with van der Waals surface area (Å²) >= 11 is 0. The third-order valence-corrected chi connectivity index (χ3v) is 6.16. The first kappa shape index (κ1) is 19.8. The largest absolute Gasteiger partial charge is 0.441 e. The third-order valence-electron chi connectivity index (χ3n) is 4.99. The van der Waals surface area contributed by atoms with E-state index in [1.807, 2.05) is 43.0 Å². The van der Waals surface area contributed by atoms with Crippen LogP contribution < -0.4 is 0 Å². The van der Waals surface area contributed by atoms with Gasteiger partial charge >= 0.3 is 0 Å². The van der Waals surface area contributed by atoms with Gasteiger partial charge in [-0.2, -0.15) is 0 Å². The molecule has 2 heterocycles. The van der Waals surface area contributed by atoms with Crippen LogP contribution in [0.2, 0.25) is 0 Å². The molecular formula is C21H28N2O3S. The lowest BCUT2D eigenvalue weighted by Gasteiger charge is -2.34. The molecule has 5 nitrogen and oxygen atoms in total. The van der Waals surface area contributed by atoms with Crippen LogP contribution in [0.3, 0.4) is 0 Å². The van der Waals surface area contributed by atoms with Crippen LogP contribution in [0.15, 0.2) is 28.7 Å². The molecule has 0 N–H and O–H groups in total. The Morgan fingerprint density at radius 1 is 1.19 bits per heavy atom. The normalized spacial score (nSPS) is 21.3. The number of hydrogen-bond donors (Lipinski definition) is 0. The second kappa shape index (κ2) is 8.38. The van der Waals surface area contributed by atoms with Gasteiger partial charge in [0.15, 0.2) is 0 Å². The number of piperidine rings is 1. The number of carbonyl (C=O) groups is 1. The van der Waals surface area contributed by atoms with E-state index in [0.717, 1.165) is 25.1 Å². The molecule has 6 heteroatoms. The molecule has 0 bridgehead atoms. The van der Waals surface area contributed by atoms with E-state index in [0.29, 0.717) is 29.2 Å². The third kappa shape index (κ3) is 5.06. The first-order chi connectivity index (χ1) is 12.8. The molecule has 1 amide bonds. The van der Waals surface area contributed by atoms with Crippen LogP contribution in [-0.4, -0.2) is 38.8 Å². The zero-order valence-corrected chi connectivity index (χ0v) is 17.3. The van der Waals surface area contributed by atoms with Gasteiger partial charge in [0.2, 0.25) is 11.8 Å². The lowest BCUT2D eigenvalue weighted by atomic mass is 9.92. The van der Waals surface area contributed by atoms with Crippen LogP contribution in [0.1, 0.15) is 37.3 Å². The van der Waals surface area contributed by atoms with E-state index < -0.39 is 10.8 Å². The summed E-state index contributed by atoms with van der Waals surface area (Å²) in [6, 6.07) is 7.94. The van der Waals surface area contributed by atoms with E-state index in [4.69, 9.17) is 4.42 Å². The number of rotatable bonds is 5. The number of amides is 1. The summed E-state index contributed by atoms with van der Waals surface area (Å²) in [7, 11) is -1.30. The van der Waals surface area contributed by atoms with Crippen molar-refractivity contribution in [2.75, 3.05) is 18.8 Å². The predicted molar refractivity (Wildman–Crippen MR) is 108 cm³/mol. The summed E-state index contributed by atoms with van der Waals surface area (Å²) in [4.78, 5) is 18.9. The molecule has 2 aromatic rings. The number of hydrogen-bond acceptors (Lipinski definition) is 4. The second-order valence-corrected chi connectivity index (χ2v) is 9.32. The van der Waals surface area contributed by atoms with Crippen molar-refractivity contribution in [1.82, 2.24) is 9.88 Å². The van der Waals surface area contributed by atoms with Gasteiger partial charge in [-0.25, -0.2) is 4.98 Å². The molecule has 1 aliphatic heterocycles. The summed E-state index contributed by atoms with van der Waals surface area (Å²) < 4.78 is 18.3. The maximum Gasteiger partial charge on any atom is 0.235 e. The van der Waals surface area contributed by atoms with E-state index >= 15 is 0 Å². The van der Waals surface area contributed by atoms with Gasteiger partial charge in [0.05, 0.1) is 11.4 Å². The van der Waals surface area contributed by atoms with Crippen LogP contribution in [-0.2, 0) is 21.3 Å². The zero-order valence-electron chi connectivity index (χ0n) is 16.5. The Hall–Kier alpha value is -1.95. The highest BCUT2D eigenvalue weighted by molar-refractivity contribution is 7.84. The van der Waals surface area contributed by atoms with Gasteiger partial charge in [-0.05, 0) is 44.2 Å². The minimum absolute atomic E-state index is 0.0216. The number of carbonyl (C=O) groups excluding carboxylic acids is 1. The van der Waals surface area contributed by atoms with Gasteiger partial charge < -0.3 is 9.32 Å². The summed E-state index contributed by atoms with van der Waals surface area (Å²) in [5.74, 6) is 2.46. The summed E-state index contributed by atoms with van der Waals surface area (Å²) in [6.45, 7) is 9.71. The van der Waals surface area contributed by atoms with E-state index in [2.05, 4.69) is 18.8 Å². The van der Waals surface area contributed by atoms with Crippen molar-refractivity contribution in [3.63, 3.8) is 0 Å². The molecule has 1 saturated heterocycles. The van der Waals surface area contributed by atoms with E-state index in [1.165, 1.54) is 5.56 Å². The van der Waals surface area contributed by atoms with E-state index in [-0.39, 0.29) is 17.4 Å². The standard InChI is InChI=1S/C21H28N2O3S/c1-14-5-7-18(8-6-14)21-22-19(17(4)26-21)12-27(25)13-20(24)23-10-15(2)9-16(3)11-23/h5-8,15-16H,9-13H2,1-4H3/t15-,16+,27-/m1/s1. The van der Waals surface area contributed by atoms with Crippen LogP contribution >= 0.6 is 0 Å². The quantitative estimate of drug-likeness (QED) is 0.783. The molecule has 0 unspecified atom stereocenters. The van der Waals surface area contributed by atoms with E-state index in [9.17, 15) is 9.00 Å². The van der Waals surface area contributed by atoms with Gasteiger partial charge in [-0.1, -0.05) is 31.5 Å². The molecule has 3 rings (SSSR count). The predicted octanol–water partition coefficient (Wildman–Crippen LogP) is 3.71. The minimum Gasteiger partial charge on any atom is -0.441 e. The SMILES string of the molecule is Cc1ccc(-c2nc(C[S@@](=O)CC(=O)N3C[C@H](C)C[C@H](C)C3)c(C)o2)cc1. The van der Waals surface area contributed by atoms with Crippen molar-refractivity contribution in [1.29, 1.82) is 0 Å². The smallest absolute Gasteiger partial charge is 0.235 e. The maximum absolute atomic E-state index is 12.6. The van der Waals surface area contributed by atoms with Crippen molar-refractivity contribution < 1.29 is 13.4 Å². The number of aryl methyl sites for hydroxylation is 2. The number of nitrogens with zero attached hydrogens (tertiary/aromatic N) is 2. The highest BCUT2D eigenvalue weighted by Gasteiger charge is 2.26. The number of aromatic nitrogens is 1. The van der Waals surface area contributed by atoms with Crippen molar-refractivity contribution in [2.45, 2.75) is 39.9 Å². The van der Waals surface area contributed by atoms with Gasteiger partial charge in [-0.3, -0.25) is 9.00 Å². The number of benzene rings is 1. The molecule has 1 aliphatic rings. The van der Waals surface area contributed by atoms with Crippen LogP contribution in [0.25, 0.3) is 11.5 Å². The highest BCUT2D eigenvalue weighted by Crippen LogP contribution is 2.24. The molecule has 3 atom stereocenters.